The first-order chi connectivity index (χ1) is 6.92. The third-order valence-corrected chi connectivity index (χ3v) is 2.62. The Morgan fingerprint density at radius 2 is 1.87 bits per heavy atom. The molecule has 0 spiro atoms. The Balaban J connectivity index is 2.57. The molecule has 0 aromatic heterocycles. The van der Waals surface area contributed by atoms with Gasteiger partial charge >= 0.3 is 0 Å². The van der Waals surface area contributed by atoms with Crippen molar-refractivity contribution in [2.75, 3.05) is 6.61 Å². The molecule has 1 aromatic carbocycles. The van der Waals surface area contributed by atoms with E-state index in [9.17, 15) is 4.79 Å². The lowest BCUT2D eigenvalue weighted by atomic mass is 9.90. The van der Waals surface area contributed by atoms with Crippen LogP contribution in [0.15, 0.2) is 24.3 Å². The minimum Gasteiger partial charge on any atom is -0.493 e. The summed E-state index contributed by atoms with van der Waals surface area (Å²) in [7, 11) is 0. The van der Waals surface area contributed by atoms with E-state index in [-0.39, 0.29) is 5.78 Å². The Morgan fingerprint density at radius 3 is 2.33 bits per heavy atom. The molecule has 0 radical (unpaired) electrons. The first kappa shape index (κ1) is 12.1. The monoisotopic (exact) mass is 226 g/mol. The molecule has 0 unspecified atom stereocenters. The van der Waals surface area contributed by atoms with E-state index in [4.69, 9.17) is 16.3 Å². The molecule has 1 rings (SSSR count). The number of carbonyl (C=O) groups excluding carboxylic acids is 1. The summed E-state index contributed by atoms with van der Waals surface area (Å²) >= 11 is 5.74. The number of ether oxygens (including phenoxy) is 1. The molecule has 0 atom stereocenters. The number of halogens is 1. The number of carbonyl (C=O) groups is 1. The Bertz CT molecular complexity index is 341. The van der Waals surface area contributed by atoms with Crippen LogP contribution in [-0.4, -0.2) is 12.4 Å². The molecular weight excluding hydrogens is 212 g/mol. The molecule has 3 heteroatoms. The molecule has 0 saturated heterocycles. The summed E-state index contributed by atoms with van der Waals surface area (Å²) < 4.78 is 5.51. The highest BCUT2D eigenvalue weighted by Gasteiger charge is 2.24. The van der Waals surface area contributed by atoms with E-state index in [2.05, 4.69) is 0 Å². The molecule has 0 aliphatic carbocycles. The van der Waals surface area contributed by atoms with Gasteiger partial charge in [-0.15, -0.1) is 0 Å². The van der Waals surface area contributed by atoms with E-state index in [1.165, 1.54) is 0 Å². The molecule has 0 bridgehead atoms. The largest absolute Gasteiger partial charge is 0.493 e. The maximum absolute atomic E-state index is 11.2. The number of hydrogen-bond acceptors (Lipinski definition) is 2. The van der Waals surface area contributed by atoms with Crippen molar-refractivity contribution < 1.29 is 9.53 Å². The first-order valence-corrected chi connectivity index (χ1v) is 5.19. The molecule has 1 aromatic rings. The summed E-state index contributed by atoms with van der Waals surface area (Å²) in [6, 6.07) is 7.10. The van der Waals surface area contributed by atoms with Crippen molar-refractivity contribution in [3.8, 4) is 5.75 Å². The maximum Gasteiger partial charge on any atom is 0.138 e. The van der Waals surface area contributed by atoms with E-state index in [1.54, 1.807) is 31.2 Å². The third-order valence-electron chi connectivity index (χ3n) is 2.37. The van der Waals surface area contributed by atoms with Crippen LogP contribution in [0.25, 0.3) is 0 Å². The number of ketones is 1. The second-order valence-corrected chi connectivity index (χ2v) is 4.62. The number of Topliss-reactive ketones (excluding diaryl/α,β-unsaturated/α-hetero) is 1. The lowest BCUT2D eigenvalue weighted by molar-refractivity contribution is -0.126. The molecule has 15 heavy (non-hydrogen) atoms. The Hall–Kier alpha value is -1.02. The van der Waals surface area contributed by atoms with Gasteiger partial charge in [-0.2, -0.15) is 0 Å². The summed E-state index contributed by atoms with van der Waals surface area (Å²) in [6.45, 7) is 5.69. The molecule has 0 aliphatic rings. The van der Waals surface area contributed by atoms with Crippen molar-refractivity contribution in [3.05, 3.63) is 29.3 Å². The van der Waals surface area contributed by atoms with Gasteiger partial charge in [0.25, 0.3) is 0 Å². The van der Waals surface area contributed by atoms with Crippen LogP contribution in [0, 0.1) is 5.41 Å². The van der Waals surface area contributed by atoms with Crippen molar-refractivity contribution >= 4 is 17.4 Å². The van der Waals surface area contributed by atoms with E-state index in [0.29, 0.717) is 11.6 Å². The normalized spacial score (nSPS) is 11.2. The summed E-state index contributed by atoms with van der Waals surface area (Å²) in [6.07, 6.45) is 0. The Labute approximate surface area is 95.2 Å². The molecule has 82 valence electrons. The predicted molar refractivity (Wildman–Crippen MR) is 61.4 cm³/mol. The third kappa shape index (κ3) is 3.56. The smallest absolute Gasteiger partial charge is 0.138 e. The van der Waals surface area contributed by atoms with E-state index in [1.807, 2.05) is 13.8 Å². The van der Waals surface area contributed by atoms with E-state index >= 15 is 0 Å². The van der Waals surface area contributed by atoms with Gasteiger partial charge in [-0.25, -0.2) is 0 Å². The SMILES string of the molecule is CC(=O)C(C)(C)COc1ccc(Cl)cc1. The van der Waals surface area contributed by atoms with Crippen LogP contribution >= 0.6 is 11.6 Å². The average molecular weight is 227 g/mol. The fraction of sp³-hybridized carbons (Fsp3) is 0.417. The van der Waals surface area contributed by atoms with Crippen molar-refractivity contribution in [1.29, 1.82) is 0 Å². The van der Waals surface area contributed by atoms with Gasteiger partial charge in [-0.3, -0.25) is 4.79 Å². The van der Waals surface area contributed by atoms with Gasteiger partial charge in [-0.1, -0.05) is 11.6 Å². The lowest BCUT2D eigenvalue weighted by Gasteiger charge is -2.21. The van der Waals surface area contributed by atoms with Crippen molar-refractivity contribution in [3.63, 3.8) is 0 Å². The average Bonchev–Trinajstić information content (AvgIpc) is 2.17. The highest BCUT2D eigenvalue weighted by molar-refractivity contribution is 6.30. The molecule has 0 N–H and O–H groups in total. The molecule has 0 fully saturated rings. The Morgan fingerprint density at radius 1 is 1.33 bits per heavy atom. The van der Waals surface area contributed by atoms with Crippen molar-refractivity contribution in [2.45, 2.75) is 20.8 Å². The van der Waals surface area contributed by atoms with Crippen molar-refractivity contribution in [2.24, 2.45) is 5.41 Å². The molecular formula is C12H15ClO2. The lowest BCUT2D eigenvalue weighted by Crippen LogP contribution is -2.28. The van der Waals surface area contributed by atoms with Gasteiger partial charge in [0.1, 0.15) is 18.1 Å². The minimum atomic E-state index is -0.445. The van der Waals surface area contributed by atoms with Crippen LogP contribution in [-0.2, 0) is 4.79 Å². The summed E-state index contributed by atoms with van der Waals surface area (Å²) in [4.78, 5) is 11.2. The first-order valence-electron chi connectivity index (χ1n) is 4.81. The molecule has 0 heterocycles. The predicted octanol–water partition coefficient (Wildman–Crippen LogP) is 3.33. The van der Waals surface area contributed by atoms with Crippen LogP contribution in [0.2, 0.25) is 5.02 Å². The fourth-order valence-electron chi connectivity index (χ4n) is 0.896. The van der Waals surface area contributed by atoms with Crippen LogP contribution < -0.4 is 4.74 Å². The van der Waals surface area contributed by atoms with Gasteiger partial charge in [0.05, 0.1) is 5.41 Å². The van der Waals surface area contributed by atoms with Gasteiger partial charge in [0.2, 0.25) is 0 Å². The zero-order valence-electron chi connectivity index (χ0n) is 9.21. The fourth-order valence-corrected chi connectivity index (χ4v) is 1.02. The zero-order chi connectivity index (χ0) is 11.5. The van der Waals surface area contributed by atoms with E-state index in [0.717, 1.165) is 5.75 Å². The van der Waals surface area contributed by atoms with Gasteiger partial charge in [0.15, 0.2) is 0 Å². The van der Waals surface area contributed by atoms with Crippen LogP contribution in [0.3, 0.4) is 0 Å². The molecule has 0 aliphatic heterocycles. The Kier molecular flexibility index (Phi) is 3.75. The number of benzene rings is 1. The van der Waals surface area contributed by atoms with Crippen LogP contribution in [0.4, 0.5) is 0 Å². The standard InChI is InChI=1S/C12H15ClO2/c1-9(14)12(2,3)8-15-11-6-4-10(13)5-7-11/h4-7H,8H2,1-3H3. The summed E-state index contributed by atoms with van der Waals surface area (Å²) in [5, 5.41) is 0.674. The number of rotatable bonds is 4. The molecule has 0 amide bonds. The van der Waals surface area contributed by atoms with Gasteiger partial charge in [-0.05, 0) is 45.0 Å². The zero-order valence-corrected chi connectivity index (χ0v) is 9.97. The maximum atomic E-state index is 11.2. The highest BCUT2D eigenvalue weighted by atomic mass is 35.5. The topological polar surface area (TPSA) is 26.3 Å². The summed E-state index contributed by atoms with van der Waals surface area (Å²) in [5.74, 6) is 0.852. The second-order valence-electron chi connectivity index (χ2n) is 4.18. The van der Waals surface area contributed by atoms with Crippen molar-refractivity contribution in [1.82, 2.24) is 0 Å². The summed E-state index contributed by atoms with van der Waals surface area (Å²) in [5.41, 5.74) is -0.445. The number of hydrogen-bond donors (Lipinski definition) is 0. The quantitative estimate of drug-likeness (QED) is 0.787. The van der Waals surface area contributed by atoms with Crippen LogP contribution in [0.1, 0.15) is 20.8 Å². The van der Waals surface area contributed by atoms with Crippen LogP contribution in [0.5, 0.6) is 5.75 Å². The second kappa shape index (κ2) is 4.67. The molecule has 2 nitrogen and oxygen atoms in total. The highest BCUT2D eigenvalue weighted by Crippen LogP contribution is 2.21. The van der Waals surface area contributed by atoms with E-state index < -0.39 is 5.41 Å². The van der Waals surface area contributed by atoms with Gasteiger partial charge in [0, 0.05) is 5.02 Å². The minimum absolute atomic E-state index is 0.122. The molecule has 0 saturated carbocycles. The van der Waals surface area contributed by atoms with Gasteiger partial charge < -0.3 is 4.74 Å².